The number of alkyl halides is 3. The average molecular weight is 345 g/mol. The van der Waals surface area contributed by atoms with Gasteiger partial charge in [-0.3, -0.25) is 0 Å². The molecule has 0 aliphatic heterocycles. The van der Waals surface area contributed by atoms with Crippen LogP contribution in [0.2, 0.25) is 0 Å². The maximum atomic E-state index is 12.8. The van der Waals surface area contributed by atoms with Crippen molar-refractivity contribution in [2.24, 2.45) is 0 Å². The van der Waals surface area contributed by atoms with Crippen molar-refractivity contribution in [1.82, 2.24) is 0 Å². The Morgan fingerprint density at radius 3 is 2.40 bits per heavy atom. The molecule has 106 valence electrons. The van der Waals surface area contributed by atoms with Crippen molar-refractivity contribution < 1.29 is 13.2 Å². The van der Waals surface area contributed by atoms with E-state index in [-0.39, 0.29) is 4.47 Å². The summed E-state index contributed by atoms with van der Waals surface area (Å²) in [5, 5.41) is 2.89. The van der Waals surface area contributed by atoms with Crippen LogP contribution in [0.3, 0.4) is 0 Å². The molecule has 0 bridgehead atoms. The molecule has 3 N–H and O–H groups in total. The van der Waals surface area contributed by atoms with E-state index >= 15 is 0 Å². The largest absolute Gasteiger partial charge is 0.417 e. The van der Waals surface area contributed by atoms with Crippen molar-refractivity contribution in [2.45, 2.75) is 13.1 Å². The van der Waals surface area contributed by atoms with E-state index in [2.05, 4.69) is 21.2 Å². The van der Waals surface area contributed by atoms with E-state index in [4.69, 9.17) is 5.73 Å². The highest BCUT2D eigenvalue weighted by Gasteiger charge is 2.33. The van der Waals surface area contributed by atoms with Gasteiger partial charge in [-0.15, -0.1) is 0 Å². The van der Waals surface area contributed by atoms with Crippen molar-refractivity contribution >= 4 is 33.0 Å². The number of hydrogen-bond donors (Lipinski definition) is 2. The zero-order valence-corrected chi connectivity index (χ0v) is 12.1. The number of aryl methyl sites for hydroxylation is 1. The highest BCUT2D eigenvalue weighted by molar-refractivity contribution is 9.10. The van der Waals surface area contributed by atoms with E-state index in [1.165, 1.54) is 6.07 Å². The molecule has 0 unspecified atom stereocenters. The van der Waals surface area contributed by atoms with E-state index in [0.717, 1.165) is 11.6 Å². The molecule has 0 radical (unpaired) electrons. The number of nitrogens with one attached hydrogen (secondary N) is 1. The summed E-state index contributed by atoms with van der Waals surface area (Å²) in [5.41, 5.74) is 7.48. The Labute approximate surface area is 122 Å². The minimum atomic E-state index is -4.41. The van der Waals surface area contributed by atoms with Crippen LogP contribution in [-0.2, 0) is 6.18 Å². The SMILES string of the molecule is Cc1ccc(Nc2ccc(Br)c(C(F)(F)F)c2)c(N)c1. The Hall–Kier alpha value is -1.69. The molecule has 0 aliphatic rings. The van der Waals surface area contributed by atoms with Crippen LogP contribution in [0, 0.1) is 6.92 Å². The highest BCUT2D eigenvalue weighted by atomic mass is 79.9. The van der Waals surface area contributed by atoms with Crippen LogP contribution in [0.5, 0.6) is 0 Å². The number of halogens is 4. The van der Waals surface area contributed by atoms with E-state index in [9.17, 15) is 13.2 Å². The summed E-state index contributed by atoms with van der Waals surface area (Å²) in [5.74, 6) is 0. The molecule has 2 rings (SSSR count). The van der Waals surface area contributed by atoms with Gasteiger partial charge in [0.25, 0.3) is 0 Å². The van der Waals surface area contributed by atoms with E-state index < -0.39 is 11.7 Å². The van der Waals surface area contributed by atoms with Crippen LogP contribution in [0.25, 0.3) is 0 Å². The number of nitrogen functional groups attached to an aromatic ring is 1. The summed E-state index contributed by atoms with van der Waals surface area (Å²) >= 11 is 2.90. The molecular formula is C14H12BrF3N2. The summed E-state index contributed by atoms with van der Waals surface area (Å²) in [7, 11) is 0. The molecule has 0 fully saturated rings. The minimum absolute atomic E-state index is 0.00688. The van der Waals surface area contributed by atoms with Gasteiger partial charge in [0, 0.05) is 10.2 Å². The van der Waals surface area contributed by atoms with Gasteiger partial charge in [0.1, 0.15) is 0 Å². The monoisotopic (exact) mass is 344 g/mol. The van der Waals surface area contributed by atoms with Crippen molar-refractivity contribution in [2.75, 3.05) is 11.1 Å². The summed E-state index contributed by atoms with van der Waals surface area (Å²) in [6, 6.07) is 9.28. The van der Waals surface area contributed by atoms with Gasteiger partial charge in [0.2, 0.25) is 0 Å². The Morgan fingerprint density at radius 2 is 1.80 bits per heavy atom. The summed E-state index contributed by atoms with van der Waals surface area (Å²) in [6.45, 7) is 1.89. The van der Waals surface area contributed by atoms with E-state index in [1.54, 1.807) is 18.2 Å². The highest BCUT2D eigenvalue weighted by Crippen LogP contribution is 2.37. The Balaban J connectivity index is 2.35. The first-order chi connectivity index (χ1) is 9.27. The lowest BCUT2D eigenvalue weighted by molar-refractivity contribution is -0.138. The molecule has 0 saturated carbocycles. The standard InChI is InChI=1S/C14H12BrF3N2/c1-8-2-5-13(12(19)6-8)20-9-3-4-11(15)10(7-9)14(16,17)18/h2-7,20H,19H2,1H3. The molecule has 0 atom stereocenters. The lowest BCUT2D eigenvalue weighted by Gasteiger charge is -2.14. The summed E-state index contributed by atoms with van der Waals surface area (Å²) in [4.78, 5) is 0. The summed E-state index contributed by atoms with van der Waals surface area (Å²) < 4.78 is 38.5. The van der Waals surface area contributed by atoms with Crippen LogP contribution >= 0.6 is 15.9 Å². The van der Waals surface area contributed by atoms with E-state index in [1.807, 2.05) is 13.0 Å². The molecule has 2 aromatic carbocycles. The molecule has 0 aliphatic carbocycles. The topological polar surface area (TPSA) is 38.0 Å². The minimum Gasteiger partial charge on any atom is -0.397 e. The molecule has 0 amide bonds. The summed E-state index contributed by atoms with van der Waals surface area (Å²) in [6.07, 6.45) is -4.41. The van der Waals surface area contributed by atoms with Gasteiger partial charge in [-0.1, -0.05) is 22.0 Å². The molecule has 20 heavy (non-hydrogen) atoms. The van der Waals surface area contributed by atoms with Crippen molar-refractivity contribution in [3.8, 4) is 0 Å². The fourth-order valence-electron chi connectivity index (χ4n) is 1.77. The van der Waals surface area contributed by atoms with Gasteiger partial charge in [-0.2, -0.15) is 13.2 Å². The maximum absolute atomic E-state index is 12.8. The second-order valence-corrected chi connectivity index (χ2v) is 5.26. The molecule has 0 aromatic heterocycles. The smallest absolute Gasteiger partial charge is 0.397 e. The Bertz CT molecular complexity index is 639. The second kappa shape index (κ2) is 5.36. The van der Waals surface area contributed by atoms with Crippen LogP contribution in [-0.4, -0.2) is 0 Å². The zero-order valence-electron chi connectivity index (χ0n) is 10.6. The third-order valence-electron chi connectivity index (χ3n) is 2.76. The van der Waals surface area contributed by atoms with Crippen LogP contribution in [0.1, 0.15) is 11.1 Å². The molecular weight excluding hydrogens is 333 g/mol. The van der Waals surface area contributed by atoms with Crippen molar-refractivity contribution in [3.05, 3.63) is 52.0 Å². The zero-order chi connectivity index (χ0) is 14.9. The van der Waals surface area contributed by atoms with Crippen molar-refractivity contribution in [3.63, 3.8) is 0 Å². The van der Waals surface area contributed by atoms with Crippen LogP contribution < -0.4 is 11.1 Å². The normalized spacial score (nSPS) is 11.4. The average Bonchev–Trinajstić information content (AvgIpc) is 2.33. The number of hydrogen-bond acceptors (Lipinski definition) is 2. The van der Waals surface area contributed by atoms with Gasteiger partial charge in [-0.05, 0) is 42.8 Å². The second-order valence-electron chi connectivity index (χ2n) is 4.41. The number of rotatable bonds is 2. The fraction of sp³-hybridized carbons (Fsp3) is 0.143. The predicted molar refractivity (Wildman–Crippen MR) is 78.0 cm³/mol. The third-order valence-corrected chi connectivity index (χ3v) is 3.45. The molecule has 0 heterocycles. The van der Waals surface area contributed by atoms with Gasteiger partial charge in [-0.25, -0.2) is 0 Å². The first-order valence-electron chi connectivity index (χ1n) is 5.77. The Kier molecular flexibility index (Phi) is 3.94. The Morgan fingerprint density at radius 1 is 1.10 bits per heavy atom. The maximum Gasteiger partial charge on any atom is 0.417 e. The van der Waals surface area contributed by atoms with Crippen LogP contribution in [0.4, 0.5) is 30.2 Å². The van der Waals surface area contributed by atoms with Gasteiger partial charge < -0.3 is 11.1 Å². The lowest BCUT2D eigenvalue weighted by atomic mass is 10.1. The molecule has 2 aromatic rings. The molecule has 0 saturated heterocycles. The first kappa shape index (κ1) is 14.7. The number of benzene rings is 2. The third kappa shape index (κ3) is 3.25. The van der Waals surface area contributed by atoms with Crippen LogP contribution in [0.15, 0.2) is 40.9 Å². The molecule has 0 spiro atoms. The van der Waals surface area contributed by atoms with E-state index in [0.29, 0.717) is 17.1 Å². The quantitative estimate of drug-likeness (QED) is 0.743. The number of nitrogens with two attached hydrogens (primary N) is 1. The van der Waals surface area contributed by atoms with Gasteiger partial charge >= 0.3 is 6.18 Å². The van der Waals surface area contributed by atoms with Crippen molar-refractivity contribution in [1.29, 1.82) is 0 Å². The molecule has 2 nitrogen and oxygen atoms in total. The fourth-order valence-corrected chi connectivity index (χ4v) is 2.24. The van der Waals surface area contributed by atoms with Gasteiger partial charge in [0.05, 0.1) is 16.9 Å². The van der Waals surface area contributed by atoms with Gasteiger partial charge in [0.15, 0.2) is 0 Å². The lowest BCUT2D eigenvalue weighted by Crippen LogP contribution is -2.07. The molecule has 6 heteroatoms. The first-order valence-corrected chi connectivity index (χ1v) is 6.56. The predicted octanol–water partition coefficient (Wildman–Crippen LogP) is 5.10. The number of anilines is 3.